The summed E-state index contributed by atoms with van der Waals surface area (Å²) in [6, 6.07) is 18.7. The molecule has 2 aliphatic rings. The summed E-state index contributed by atoms with van der Waals surface area (Å²) in [5.74, 6) is 0.222. The van der Waals surface area contributed by atoms with E-state index in [4.69, 9.17) is 10.7 Å². The molecule has 170 valence electrons. The number of aromatic nitrogens is 2. The predicted octanol–water partition coefficient (Wildman–Crippen LogP) is 2.68. The number of likely N-dealkylation sites (N-methyl/N-ethyl adjacent to an activating group) is 1. The van der Waals surface area contributed by atoms with Crippen molar-refractivity contribution in [1.29, 1.82) is 0 Å². The first kappa shape index (κ1) is 20.6. The van der Waals surface area contributed by atoms with Gasteiger partial charge in [0, 0.05) is 31.3 Å². The highest BCUT2D eigenvalue weighted by Crippen LogP contribution is 2.33. The number of nitrogens with one attached hydrogen (secondary N) is 2. The van der Waals surface area contributed by atoms with E-state index in [0.717, 1.165) is 40.8 Å². The number of H-pyrrole nitrogens is 1. The number of benzene rings is 3. The van der Waals surface area contributed by atoms with Crippen LogP contribution in [0.3, 0.4) is 0 Å². The normalized spacial score (nSPS) is 19.5. The molecular weight excluding hydrogens is 428 g/mol. The van der Waals surface area contributed by atoms with Crippen molar-refractivity contribution >= 4 is 22.7 Å². The number of carbonyl (C=O) groups excluding carboxylic acids is 1. The summed E-state index contributed by atoms with van der Waals surface area (Å²) in [5.41, 5.74) is 13.4. The minimum absolute atomic E-state index is 0.411. The minimum Gasteiger partial charge on any atom is -0.384 e. The fourth-order valence-electron chi connectivity index (χ4n) is 4.94. The van der Waals surface area contributed by atoms with Crippen LogP contribution in [0, 0.1) is 0 Å². The summed E-state index contributed by atoms with van der Waals surface area (Å²) >= 11 is 0. The van der Waals surface area contributed by atoms with E-state index in [1.807, 2.05) is 43.4 Å². The van der Waals surface area contributed by atoms with Crippen LogP contribution in [0.25, 0.3) is 22.2 Å². The maximum absolute atomic E-state index is 11.8. The van der Waals surface area contributed by atoms with Gasteiger partial charge in [-0.25, -0.2) is 4.98 Å². The quantitative estimate of drug-likeness (QED) is 0.380. The number of rotatable bonds is 4. The van der Waals surface area contributed by atoms with Crippen LogP contribution in [0.15, 0.2) is 65.8 Å². The molecule has 0 saturated carbocycles. The summed E-state index contributed by atoms with van der Waals surface area (Å²) in [5, 5.41) is 21.0. The molecule has 34 heavy (non-hydrogen) atoms. The zero-order valence-corrected chi connectivity index (χ0v) is 18.6. The molecule has 1 aromatic heterocycles. The van der Waals surface area contributed by atoms with E-state index in [-0.39, 0.29) is 0 Å². The molecule has 0 spiro atoms. The lowest BCUT2D eigenvalue weighted by Crippen LogP contribution is -2.29. The van der Waals surface area contributed by atoms with Gasteiger partial charge in [-0.3, -0.25) is 9.80 Å². The Bertz CT molecular complexity index is 1420. The topological polar surface area (TPSA) is 120 Å². The van der Waals surface area contributed by atoms with E-state index >= 15 is 0 Å². The highest BCUT2D eigenvalue weighted by atomic mass is 16.3. The molecule has 1 amide bonds. The number of aliphatic hydroxyl groups excluding tert-OH is 1. The standard InChI is InChI=1S/C26H24N6O2/c1-32-23(26-29-20-10-16-12-28-13-17(16)11-21(20)30-26)24(33)22(31-32)15-8-6-14(7-9-15)18-4-2-3-5-19(18)25(27)34/h2-11,23-24,28,33H,12-13H2,1H3,(H2,27,34)(H,29,30)/t23?,24-/m1/s1. The van der Waals surface area contributed by atoms with Crippen LogP contribution < -0.4 is 11.1 Å². The smallest absolute Gasteiger partial charge is 0.249 e. The lowest BCUT2D eigenvalue weighted by Gasteiger charge is -2.19. The van der Waals surface area contributed by atoms with E-state index in [0.29, 0.717) is 17.1 Å². The largest absolute Gasteiger partial charge is 0.384 e. The van der Waals surface area contributed by atoms with Crippen molar-refractivity contribution in [3.05, 3.63) is 88.7 Å². The SMILES string of the molecule is CN1N=C(c2ccc(-c3ccccc3C(N)=O)cc2)[C@@H](O)C1c1nc2cc3c(cc2[nH]1)CNC3. The number of hydrogen-bond acceptors (Lipinski definition) is 6. The first-order chi connectivity index (χ1) is 16.5. The number of aliphatic hydroxyl groups is 1. The second kappa shape index (κ2) is 7.79. The van der Waals surface area contributed by atoms with Crippen molar-refractivity contribution in [2.24, 2.45) is 10.8 Å². The van der Waals surface area contributed by atoms with Crippen molar-refractivity contribution in [2.45, 2.75) is 25.2 Å². The summed E-state index contributed by atoms with van der Waals surface area (Å²) < 4.78 is 0. The number of primary amides is 1. The van der Waals surface area contributed by atoms with Gasteiger partial charge in [-0.05, 0) is 40.5 Å². The van der Waals surface area contributed by atoms with Crippen LogP contribution in [-0.2, 0) is 13.1 Å². The van der Waals surface area contributed by atoms with Gasteiger partial charge >= 0.3 is 0 Å². The van der Waals surface area contributed by atoms with Crippen LogP contribution >= 0.6 is 0 Å². The van der Waals surface area contributed by atoms with Crippen molar-refractivity contribution < 1.29 is 9.90 Å². The van der Waals surface area contributed by atoms with Crippen LogP contribution in [0.5, 0.6) is 0 Å². The zero-order chi connectivity index (χ0) is 23.4. The molecule has 0 radical (unpaired) electrons. The average Bonchev–Trinajstić information content (AvgIpc) is 3.53. The Labute approximate surface area is 196 Å². The van der Waals surface area contributed by atoms with Crippen LogP contribution in [0.1, 0.15) is 38.9 Å². The Hall–Kier alpha value is -4.01. The molecule has 6 rings (SSSR count). The van der Waals surface area contributed by atoms with Crippen molar-refractivity contribution in [3.8, 4) is 11.1 Å². The van der Waals surface area contributed by atoms with Gasteiger partial charge in [-0.2, -0.15) is 5.10 Å². The number of nitrogens with two attached hydrogens (primary N) is 1. The van der Waals surface area contributed by atoms with Crippen molar-refractivity contribution in [1.82, 2.24) is 20.3 Å². The molecule has 0 fully saturated rings. The minimum atomic E-state index is -0.845. The van der Waals surface area contributed by atoms with Gasteiger partial charge in [0.1, 0.15) is 18.0 Å². The lowest BCUT2D eigenvalue weighted by atomic mass is 9.95. The molecule has 2 atom stereocenters. The summed E-state index contributed by atoms with van der Waals surface area (Å²) in [4.78, 5) is 20.0. The monoisotopic (exact) mass is 452 g/mol. The second-order valence-corrected chi connectivity index (χ2v) is 8.80. The highest BCUT2D eigenvalue weighted by Gasteiger charge is 2.38. The molecule has 8 nitrogen and oxygen atoms in total. The highest BCUT2D eigenvalue weighted by molar-refractivity contribution is 6.05. The number of aromatic amines is 1. The molecule has 0 aliphatic carbocycles. The van der Waals surface area contributed by atoms with Gasteiger partial charge in [-0.1, -0.05) is 42.5 Å². The van der Waals surface area contributed by atoms with Gasteiger partial charge in [0.25, 0.3) is 0 Å². The molecular formula is C26H24N6O2. The Morgan fingerprint density at radius 2 is 1.76 bits per heavy atom. The number of fused-ring (bicyclic) bond motifs is 2. The molecule has 8 heteroatoms. The maximum Gasteiger partial charge on any atom is 0.249 e. The van der Waals surface area contributed by atoms with Crippen LogP contribution in [0.2, 0.25) is 0 Å². The summed E-state index contributed by atoms with van der Waals surface area (Å²) in [6.07, 6.45) is -0.845. The number of imidazole rings is 1. The van der Waals surface area contributed by atoms with Crippen molar-refractivity contribution in [3.63, 3.8) is 0 Å². The molecule has 4 aromatic rings. The second-order valence-electron chi connectivity index (χ2n) is 8.80. The number of amides is 1. The third-order valence-corrected chi connectivity index (χ3v) is 6.66. The molecule has 5 N–H and O–H groups in total. The van der Waals surface area contributed by atoms with Crippen LogP contribution in [-0.4, -0.2) is 44.9 Å². The Kier molecular flexibility index (Phi) is 4.72. The Morgan fingerprint density at radius 1 is 1.06 bits per heavy atom. The third kappa shape index (κ3) is 3.27. The predicted molar refractivity (Wildman–Crippen MR) is 130 cm³/mol. The zero-order valence-electron chi connectivity index (χ0n) is 18.6. The number of hydrazone groups is 1. The van der Waals surface area contributed by atoms with Gasteiger partial charge in [0.2, 0.25) is 5.91 Å². The van der Waals surface area contributed by atoms with Gasteiger partial charge < -0.3 is 21.1 Å². The lowest BCUT2D eigenvalue weighted by molar-refractivity contribution is 0.100. The van der Waals surface area contributed by atoms with Gasteiger partial charge in [0.15, 0.2) is 0 Å². The number of carbonyl (C=O) groups is 1. The molecule has 3 heterocycles. The van der Waals surface area contributed by atoms with Crippen LogP contribution in [0.4, 0.5) is 0 Å². The van der Waals surface area contributed by atoms with Gasteiger partial charge in [0.05, 0.1) is 16.7 Å². The third-order valence-electron chi connectivity index (χ3n) is 6.66. The molecule has 1 unspecified atom stereocenters. The van der Waals surface area contributed by atoms with E-state index in [1.54, 1.807) is 17.1 Å². The maximum atomic E-state index is 11.8. The van der Waals surface area contributed by atoms with Gasteiger partial charge in [-0.15, -0.1) is 0 Å². The molecule has 0 saturated heterocycles. The Morgan fingerprint density at radius 3 is 2.53 bits per heavy atom. The van der Waals surface area contributed by atoms with E-state index in [2.05, 4.69) is 27.5 Å². The van der Waals surface area contributed by atoms with E-state index in [1.165, 1.54) is 11.1 Å². The summed E-state index contributed by atoms with van der Waals surface area (Å²) in [7, 11) is 1.84. The first-order valence-electron chi connectivity index (χ1n) is 11.2. The Balaban J connectivity index is 1.29. The van der Waals surface area contributed by atoms with Crippen molar-refractivity contribution in [2.75, 3.05) is 7.05 Å². The summed E-state index contributed by atoms with van der Waals surface area (Å²) in [6.45, 7) is 1.71. The number of hydrogen-bond donors (Lipinski definition) is 4. The molecule has 2 aliphatic heterocycles. The average molecular weight is 453 g/mol. The van der Waals surface area contributed by atoms with E-state index < -0.39 is 18.1 Å². The molecule has 0 bridgehead atoms. The van der Waals surface area contributed by atoms with E-state index in [9.17, 15) is 9.90 Å². The number of nitrogens with zero attached hydrogens (tertiary/aromatic N) is 3. The first-order valence-corrected chi connectivity index (χ1v) is 11.2. The molecule has 3 aromatic carbocycles. The fraction of sp³-hybridized carbons (Fsp3) is 0.192. The fourth-order valence-corrected chi connectivity index (χ4v) is 4.94.